The lowest BCUT2D eigenvalue weighted by molar-refractivity contribution is 0.415. The molecule has 20 heavy (non-hydrogen) atoms. The van der Waals surface area contributed by atoms with Gasteiger partial charge >= 0.3 is 0 Å². The third-order valence-corrected chi connectivity index (χ3v) is 4.18. The van der Waals surface area contributed by atoms with E-state index in [1.807, 2.05) is 36.6 Å². The molecule has 0 aliphatic rings. The molecule has 2 heterocycles. The molecule has 0 saturated carbocycles. The van der Waals surface area contributed by atoms with Crippen molar-refractivity contribution in [1.82, 2.24) is 5.16 Å². The van der Waals surface area contributed by atoms with E-state index in [9.17, 15) is 0 Å². The Hall–Kier alpha value is -2.27. The monoisotopic (exact) mass is 286 g/mol. The zero-order valence-electron chi connectivity index (χ0n) is 11.2. The second kappa shape index (κ2) is 5.02. The van der Waals surface area contributed by atoms with Gasteiger partial charge in [-0.2, -0.15) is 0 Å². The van der Waals surface area contributed by atoms with Gasteiger partial charge in [-0.05, 0) is 41.6 Å². The molecule has 0 aliphatic carbocycles. The number of anilines is 1. The first-order chi connectivity index (χ1) is 9.70. The van der Waals surface area contributed by atoms with E-state index >= 15 is 0 Å². The van der Waals surface area contributed by atoms with Crippen molar-refractivity contribution in [3.05, 3.63) is 41.3 Å². The molecule has 0 saturated heterocycles. The number of hydrogen-bond donors (Lipinski definition) is 1. The number of nitrogens with zero attached hydrogens (tertiary/aromatic N) is 1. The van der Waals surface area contributed by atoms with Crippen LogP contribution in [-0.4, -0.2) is 12.3 Å². The lowest BCUT2D eigenvalue weighted by atomic mass is 10.0. The second-order valence-electron chi connectivity index (χ2n) is 4.44. The fourth-order valence-corrected chi connectivity index (χ4v) is 3.04. The molecule has 5 heteroatoms. The van der Waals surface area contributed by atoms with E-state index in [2.05, 4.69) is 11.2 Å². The largest absolute Gasteiger partial charge is 0.497 e. The van der Waals surface area contributed by atoms with Crippen molar-refractivity contribution in [2.45, 2.75) is 6.92 Å². The molecule has 1 aromatic carbocycles. The van der Waals surface area contributed by atoms with Gasteiger partial charge in [0.2, 0.25) is 5.88 Å². The van der Waals surface area contributed by atoms with Crippen LogP contribution in [0.25, 0.3) is 21.7 Å². The van der Waals surface area contributed by atoms with Crippen LogP contribution in [0.2, 0.25) is 0 Å². The summed E-state index contributed by atoms with van der Waals surface area (Å²) in [6, 6.07) is 9.77. The topological polar surface area (TPSA) is 61.3 Å². The van der Waals surface area contributed by atoms with Crippen molar-refractivity contribution < 1.29 is 9.26 Å². The van der Waals surface area contributed by atoms with Crippen molar-refractivity contribution >= 4 is 17.2 Å². The lowest BCUT2D eigenvalue weighted by Crippen LogP contribution is -1.89. The molecule has 0 aliphatic heterocycles. The second-order valence-corrected chi connectivity index (χ2v) is 5.35. The van der Waals surface area contributed by atoms with Gasteiger partial charge in [-0.3, -0.25) is 0 Å². The first-order valence-electron chi connectivity index (χ1n) is 6.14. The first-order valence-corrected chi connectivity index (χ1v) is 7.02. The van der Waals surface area contributed by atoms with Gasteiger partial charge in [0.1, 0.15) is 11.4 Å². The number of nitrogen functional groups attached to an aromatic ring is 1. The van der Waals surface area contributed by atoms with Crippen LogP contribution in [0.1, 0.15) is 5.56 Å². The fourth-order valence-electron chi connectivity index (χ4n) is 2.13. The van der Waals surface area contributed by atoms with Crippen LogP contribution in [-0.2, 0) is 0 Å². The summed E-state index contributed by atoms with van der Waals surface area (Å²) in [5.41, 5.74) is 9.65. The van der Waals surface area contributed by atoms with Crippen LogP contribution in [0, 0.1) is 6.92 Å². The van der Waals surface area contributed by atoms with Crippen molar-refractivity contribution in [1.29, 1.82) is 0 Å². The third kappa shape index (κ3) is 2.06. The Labute approximate surface area is 120 Å². The van der Waals surface area contributed by atoms with Crippen LogP contribution in [0.3, 0.4) is 0 Å². The Bertz CT molecular complexity index is 746. The molecule has 3 rings (SSSR count). The minimum Gasteiger partial charge on any atom is -0.497 e. The molecule has 2 N–H and O–H groups in total. The molecular weight excluding hydrogens is 272 g/mol. The maximum Gasteiger partial charge on any atom is 0.230 e. The van der Waals surface area contributed by atoms with E-state index in [4.69, 9.17) is 15.0 Å². The summed E-state index contributed by atoms with van der Waals surface area (Å²) in [5.74, 6) is 1.10. The molecule has 0 unspecified atom stereocenters. The van der Waals surface area contributed by atoms with E-state index in [0.717, 1.165) is 33.0 Å². The maximum absolute atomic E-state index is 5.96. The zero-order chi connectivity index (χ0) is 14.1. The molecule has 0 amide bonds. The number of aromatic nitrogens is 1. The first kappa shape index (κ1) is 12.7. The standard InChI is InChI=1S/C15H14N2O2S/c1-9-6-7-20-14(9)13-12(15(16)19-17-13)10-4-3-5-11(8-10)18-2/h3-8H,16H2,1-2H3. The Morgan fingerprint density at radius 3 is 2.85 bits per heavy atom. The third-order valence-electron chi connectivity index (χ3n) is 3.15. The summed E-state index contributed by atoms with van der Waals surface area (Å²) in [6.07, 6.45) is 0. The molecule has 102 valence electrons. The maximum atomic E-state index is 5.96. The molecule has 0 bridgehead atoms. The van der Waals surface area contributed by atoms with E-state index in [1.165, 1.54) is 0 Å². The Kier molecular flexibility index (Phi) is 3.20. The number of benzene rings is 1. The SMILES string of the molecule is COc1cccc(-c2c(-c3sccc3C)noc2N)c1. The number of nitrogens with two attached hydrogens (primary N) is 1. The smallest absolute Gasteiger partial charge is 0.230 e. The number of aryl methyl sites for hydroxylation is 1. The Morgan fingerprint density at radius 1 is 1.30 bits per heavy atom. The minimum absolute atomic E-state index is 0.320. The summed E-state index contributed by atoms with van der Waals surface area (Å²) >= 11 is 1.63. The van der Waals surface area contributed by atoms with Crippen molar-refractivity contribution in [2.75, 3.05) is 12.8 Å². The van der Waals surface area contributed by atoms with E-state index in [0.29, 0.717) is 5.88 Å². The molecule has 3 aromatic rings. The summed E-state index contributed by atoms with van der Waals surface area (Å²) in [6.45, 7) is 2.05. The Morgan fingerprint density at radius 2 is 2.15 bits per heavy atom. The number of ether oxygens (including phenoxy) is 1. The number of rotatable bonds is 3. The predicted molar refractivity (Wildman–Crippen MR) is 81.0 cm³/mol. The van der Waals surface area contributed by atoms with Gasteiger partial charge in [-0.15, -0.1) is 11.3 Å². The van der Waals surface area contributed by atoms with Crippen molar-refractivity contribution in [3.63, 3.8) is 0 Å². The molecule has 0 spiro atoms. The highest BCUT2D eigenvalue weighted by Gasteiger charge is 2.19. The fraction of sp³-hybridized carbons (Fsp3) is 0.133. The molecule has 0 radical (unpaired) electrons. The lowest BCUT2D eigenvalue weighted by Gasteiger charge is -2.05. The van der Waals surface area contributed by atoms with E-state index < -0.39 is 0 Å². The van der Waals surface area contributed by atoms with Crippen LogP contribution < -0.4 is 10.5 Å². The average molecular weight is 286 g/mol. The van der Waals surface area contributed by atoms with Crippen LogP contribution in [0.5, 0.6) is 5.75 Å². The highest BCUT2D eigenvalue weighted by Crippen LogP contribution is 2.40. The highest BCUT2D eigenvalue weighted by molar-refractivity contribution is 7.13. The summed E-state index contributed by atoms with van der Waals surface area (Å²) < 4.78 is 10.5. The summed E-state index contributed by atoms with van der Waals surface area (Å²) in [7, 11) is 1.64. The molecule has 0 atom stereocenters. The zero-order valence-corrected chi connectivity index (χ0v) is 12.0. The van der Waals surface area contributed by atoms with E-state index in [-0.39, 0.29) is 0 Å². The van der Waals surface area contributed by atoms with Crippen LogP contribution >= 0.6 is 11.3 Å². The highest BCUT2D eigenvalue weighted by atomic mass is 32.1. The average Bonchev–Trinajstić information content (AvgIpc) is 3.04. The van der Waals surface area contributed by atoms with Gasteiger partial charge < -0.3 is 15.0 Å². The Balaban J connectivity index is 2.19. The summed E-state index contributed by atoms with van der Waals surface area (Å²) in [5, 5.41) is 6.15. The number of thiophene rings is 1. The van der Waals surface area contributed by atoms with Crippen molar-refractivity contribution in [3.8, 4) is 27.4 Å². The summed E-state index contributed by atoms with van der Waals surface area (Å²) in [4.78, 5) is 1.07. The molecule has 0 fully saturated rings. The predicted octanol–water partition coefficient (Wildman–Crippen LogP) is 3.97. The number of methoxy groups -OCH3 is 1. The van der Waals surface area contributed by atoms with Gasteiger partial charge in [0.25, 0.3) is 0 Å². The number of hydrogen-bond acceptors (Lipinski definition) is 5. The molecular formula is C15H14N2O2S. The molecule has 4 nitrogen and oxygen atoms in total. The quantitative estimate of drug-likeness (QED) is 0.791. The van der Waals surface area contributed by atoms with Gasteiger partial charge in [0.15, 0.2) is 0 Å². The van der Waals surface area contributed by atoms with Gasteiger partial charge in [-0.25, -0.2) is 0 Å². The van der Waals surface area contributed by atoms with Crippen LogP contribution in [0.15, 0.2) is 40.2 Å². The molecule has 2 aromatic heterocycles. The van der Waals surface area contributed by atoms with Crippen LogP contribution in [0.4, 0.5) is 5.88 Å². The van der Waals surface area contributed by atoms with E-state index in [1.54, 1.807) is 18.4 Å². The minimum atomic E-state index is 0.320. The van der Waals surface area contributed by atoms with Gasteiger partial charge in [-0.1, -0.05) is 17.3 Å². The van der Waals surface area contributed by atoms with Crippen molar-refractivity contribution in [2.24, 2.45) is 0 Å². The van der Waals surface area contributed by atoms with Gasteiger partial charge in [0, 0.05) is 0 Å². The normalized spacial score (nSPS) is 10.7. The van der Waals surface area contributed by atoms with Gasteiger partial charge in [0.05, 0.1) is 17.6 Å².